The summed E-state index contributed by atoms with van der Waals surface area (Å²) in [5.41, 5.74) is 2.72. The molecule has 0 N–H and O–H groups in total. The minimum Gasteiger partial charge on any atom is -0.339 e. The van der Waals surface area contributed by atoms with E-state index >= 15 is 0 Å². The van der Waals surface area contributed by atoms with Crippen LogP contribution in [0.5, 0.6) is 0 Å². The second-order valence-corrected chi connectivity index (χ2v) is 6.03. The number of rotatable bonds is 7. The lowest BCUT2D eigenvalue weighted by Gasteiger charge is -2.21. The molecule has 2 nitrogen and oxygen atoms in total. The van der Waals surface area contributed by atoms with E-state index in [1.807, 2.05) is 0 Å². The Kier molecular flexibility index (Phi) is 4.79. The lowest BCUT2D eigenvalue weighted by atomic mass is 10.2. The van der Waals surface area contributed by atoms with E-state index in [2.05, 4.69) is 71.8 Å². The molecule has 0 aliphatic carbocycles. The Hall–Kier alpha value is -1.80. The van der Waals surface area contributed by atoms with Crippen LogP contribution in [0.2, 0.25) is 0 Å². The first-order valence-corrected chi connectivity index (χ1v) is 8.53. The lowest BCUT2D eigenvalue weighted by Crippen LogP contribution is -2.29. The van der Waals surface area contributed by atoms with E-state index < -0.39 is 0 Å². The summed E-state index contributed by atoms with van der Waals surface area (Å²) in [6.45, 7) is 9.13. The van der Waals surface area contributed by atoms with Crippen molar-refractivity contribution in [2.75, 3.05) is 19.6 Å². The van der Waals surface area contributed by atoms with Crippen LogP contribution in [0.4, 0.5) is 0 Å². The number of hydrogen-bond acceptors (Lipinski definition) is 1. The van der Waals surface area contributed by atoms with Gasteiger partial charge in [0, 0.05) is 34.9 Å². The van der Waals surface area contributed by atoms with E-state index in [1.54, 1.807) is 0 Å². The molecule has 22 heavy (non-hydrogen) atoms. The van der Waals surface area contributed by atoms with Crippen LogP contribution in [0.3, 0.4) is 0 Å². The van der Waals surface area contributed by atoms with Crippen molar-refractivity contribution < 1.29 is 0 Å². The second-order valence-electron chi connectivity index (χ2n) is 6.03. The van der Waals surface area contributed by atoms with Crippen molar-refractivity contribution in [2.24, 2.45) is 0 Å². The molecule has 1 heterocycles. The molecular weight excluding hydrogens is 268 g/mol. The number of hydrogen-bond donors (Lipinski definition) is 0. The second kappa shape index (κ2) is 6.97. The summed E-state index contributed by atoms with van der Waals surface area (Å²) in [5, 5.41) is 2.74. The molecule has 3 aromatic rings. The van der Waals surface area contributed by atoms with E-state index in [4.69, 9.17) is 0 Å². The number of fused-ring (bicyclic) bond motifs is 3. The Bertz CT molecular complexity index is 682. The lowest BCUT2D eigenvalue weighted by molar-refractivity contribution is 0.266. The van der Waals surface area contributed by atoms with Crippen LogP contribution in [0.15, 0.2) is 48.5 Å². The molecule has 0 saturated carbocycles. The van der Waals surface area contributed by atoms with E-state index in [0.717, 1.165) is 13.1 Å². The van der Waals surface area contributed by atoms with Gasteiger partial charge in [0.05, 0.1) is 0 Å². The molecule has 0 aliphatic heterocycles. The molecule has 0 fully saturated rings. The number of nitrogens with zero attached hydrogens (tertiary/aromatic N) is 2. The highest BCUT2D eigenvalue weighted by Crippen LogP contribution is 2.28. The Morgan fingerprint density at radius 1 is 0.727 bits per heavy atom. The van der Waals surface area contributed by atoms with Crippen molar-refractivity contribution in [2.45, 2.75) is 33.2 Å². The molecule has 0 amide bonds. The molecular formula is C20H26N2. The Balaban J connectivity index is 1.94. The summed E-state index contributed by atoms with van der Waals surface area (Å²) in [4.78, 5) is 2.59. The van der Waals surface area contributed by atoms with Gasteiger partial charge < -0.3 is 9.47 Å². The van der Waals surface area contributed by atoms with Crippen LogP contribution in [0, 0.1) is 0 Å². The highest BCUT2D eigenvalue weighted by atomic mass is 15.1. The van der Waals surface area contributed by atoms with Gasteiger partial charge in [-0.2, -0.15) is 0 Å². The topological polar surface area (TPSA) is 8.17 Å². The van der Waals surface area contributed by atoms with Gasteiger partial charge in [-0.3, -0.25) is 0 Å². The van der Waals surface area contributed by atoms with Gasteiger partial charge in [-0.25, -0.2) is 0 Å². The fourth-order valence-electron chi connectivity index (χ4n) is 3.45. The van der Waals surface area contributed by atoms with Gasteiger partial charge in [0.2, 0.25) is 0 Å². The maximum absolute atomic E-state index is 2.59. The van der Waals surface area contributed by atoms with E-state index in [9.17, 15) is 0 Å². The summed E-state index contributed by atoms with van der Waals surface area (Å²) in [6, 6.07) is 17.5. The summed E-state index contributed by atoms with van der Waals surface area (Å²) in [5.74, 6) is 0. The predicted molar refractivity (Wildman–Crippen MR) is 96.5 cm³/mol. The van der Waals surface area contributed by atoms with Gasteiger partial charge in [-0.05, 0) is 38.1 Å². The Morgan fingerprint density at radius 3 is 1.73 bits per heavy atom. The molecule has 116 valence electrons. The number of benzene rings is 2. The van der Waals surface area contributed by atoms with E-state index in [0.29, 0.717) is 0 Å². The van der Waals surface area contributed by atoms with Gasteiger partial charge in [0.15, 0.2) is 0 Å². The maximum atomic E-state index is 2.59. The van der Waals surface area contributed by atoms with Crippen LogP contribution >= 0.6 is 0 Å². The van der Waals surface area contributed by atoms with Crippen molar-refractivity contribution in [1.82, 2.24) is 9.47 Å². The van der Waals surface area contributed by atoms with Crippen molar-refractivity contribution in [3.8, 4) is 0 Å². The highest BCUT2D eigenvalue weighted by Gasteiger charge is 2.10. The third-order valence-electron chi connectivity index (χ3n) is 4.40. The molecule has 2 heteroatoms. The Morgan fingerprint density at radius 2 is 1.23 bits per heavy atom. The van der Waals surface area contributed by atoms with E-state index in [-0.39, 0.29) is 0 Å². The van der Waals surface area contributed by atoms with Crippen molar-refractivity contribution >= 4 is 21.8 Å². The summed E-state index contributed by atoms with van der Waals surface area (Å²) in [7, 11) is 0. The molecule has 0 spiro atoms. The van der Waals surface area contributed by atoms with Crippen molar-refractivity contribution in [3.63, 3.8) is 0 Å². The van der Waals surface area contributed by atoms with Gasteiger partial charge in [-0.1, -0.05) is 50.2 Å². The Labute approximate surface area is 133 Å². The molecule has 0 radical (unpaired) electrons. The zero-order valence-electron chi connectivity index (χ0n) is 13.8. The van der Waals surface area contributed by atoms with Crippen LogP contribution in [-0.4, -0.2) is 29.1 Å². The normalized spacial score (nSPS) is 11.8. The summed E-state index contributed by atoms with van der Waals surface area (Å²) >= 11 is 0. The molecule has 0 aliphatic rings. The molecule has 3 rings (SSSR count). The first-order chi connectivity index (χ1) is 10.8. The smallest absolute Gasteiger partial charge is 0.0491 e. The minimum atomic E-state index is 1.06. The standard InChI is InChI=1S/C20H26N2/c1-3-13-21(14-4-2)15-16-22-19-11-7-5-9-17(19)18-10-6-8-12-20(18)22/h5-12H,3-4,13-16H2,1-2H3. The molecule has 0 saturated heterocycles. The van der Waals surface area contributed by atoms with Crippen LogP contribution < -0.4 is 0 Å². The monoisotopic (exact) mass is 294 g/mol. The number of para-hydroxylation sites is 2. The fraction of sp³-hybridized carbons (Fsp3) is 0.400. The molecule has 1 aromatic heterocycles. The summed E-state index contributed by atoms with van der Waals surface area (Å²) < 4.78 is 2.49. The third-order valence-corrected chi connectivity index (χ3v) is 4.40. The van der Waals surface area contributed by atoms with E-state index in [1.165, 1.54) is 47.7 Å². The van der Waals surface area contributed by atoms with Crippen LogP contribution in [-0.2, 0) is 6.54 Å². The average molecular weight is 294 g/mol. The zero-order chi connectivity index (χ0) is 15.4. The summed E-state index contributed by atoms with van der Waals surface area (Å²) in [6.07, 6.45) is 2.46. The van der Waals surface area contributed by atoms with Crippen molar-refractivity contribution in [3.05, 3.63) is 48.5 Å². The fourth-order valence-corrected chi connectivity index (χ4v) is 3.45. The maximum Gasteiger partial charge on any atom is 0.0491 e. The van der Waals surface area contributed by atoms with Gasteiger partial charge in [-0.15, -0.1) is 0 Å². The molecule has 0 bridgehead atoms. The predicted octanol–water partition coefficient (Wildman–Crippen LogP) is 4.92. The SMILES string of the molecule is CCCN(CCC)CCn1c2ccccc2c2ccccc21. The highest BCUT2D eigenvalue weighted by molar-refractivity contribution is 6.07. The van der Waals surface area contributed by atoms with Crippen molar-refractivity contribution in [1.29, 1.82) is 0 Å². The van der Waals surface area contributed by atoms with Gasteiger partial charge >= 0.3 is 0 Å². The van der Waals surface area contributed by atoms with Crippen LogP contribution in [0.1, 0.15) is 26.7 Å². The first kappa shape index (κ1) is 15.1. The quantitative estimate of drug-likeness (QED) is 0.600. The third kappa shape index (κ3) is 2.89. The molecule has 0 atom stereocenters. The minimum absolute atomic E-state index is 1.06. The van der Waals surface area contributed by atoms with Gasteiger partial charge in [0.25, 0.3) is 0 Å². The molecule has 2 aromatic carbocycles. The average Bonchev–Trinajstić information content (AvgIpc) is 2.87. The van der Waals surface area contributed by atoms with Crippen LogP contribution in [0.25, 0.3) is 21.8 Å². The first-order valence-electron chi connectivity index (χ1n) is 8.53. The largest absolute Gasteiger partial charge is 0.339 e. The zero-order valence-corrected chi connectivity index (χ0v) is 13.8. The van der Waals surface area contributed by atoms with Gasteiger partial charge in [0.1, 0.15) is 0 Å². The number of aromatic nitrogens is 1. The molecule has 0 unspecified atom stereocenters.